The van der Waals surface area contributed by atoms with Gasteiger partial charge in [-0.05, 0) is 34.0 Å². The third-order valence-corrected chi connectivity index (χ3v) is 3.64. The van der Waals surface area contributed by atoms with E-state index in [1.54, 1.807) is 0 Å². The van der Waals surface area contributed by atoms with Crippen LogP contribution >= 0.6 is 27.7 Å². The van der Waals surface area contributed by atoms with E-state index in [1.165, 1.54) is 6.42 Å². The predicted octanol–water partition coefficient (Wildman–Crippen LogP) is 4.67. The SMILES string of the molecule is CC(C)CCSc1cc(Br)nc(C(C)(C)C)n1. The lowest BCUT2D eigenvalue weighted by molar-refractivity contribution is 0.536. The first kappa shape index (κ1) is 15.0. The molecular formula is C13H21BrN2S. The number of hydrogen-bond acceptors (Lipinski definition) is 3. The Kier molecular flexibility index (Phi) is 5.45. The number of thioether (sulfide) groups is 1. The fourth-order valence-electron chi connectivity index (χ4n) is 1.21. The van der Waals surface area contributed by atoms with Gasteiger partial charge in [-0.2, -0.15) is 0 Å². The van der Waals surface area contributed by atoms with Crippen LogP contribution in [0.15, 0.2) is 15.7 Å². The Labute approximate surface area is 117 Å². The van der Waals surface area contributed by atoms with E-state index in [-0.39, 0.29) is 5.41 Å². The molecule has 2 nitrogen and oxygen atoms in total. The molecule has 1 rings (SSSR count). The molecule has 0 fully saturated rings. The van der Waals surface area contributed by atoms with Crippen molar-refractivity contribution in [1.82, 2.24) is 9.97 Å². The van der Waals surface area contributed by atoms with Crippen LogP contribution in [0.4, 0.5) is 0 Å². The zero-order valence-electron chi connectivity index (χ0n) is 11.2. The van der Waals surface area contributed by atoms with Gasteiger partial charge in [-0.3, -0.25) is 0 Å². The van der Waals surface area contributed by atoms with Crippen LogP contribution in [0.1, 0.15) is 46.9 Å². The van der Waals surface area contributed by atoms with E-state index < -0.39 is 0 Å². The summed E-state index contributed by atoms with van der Waals surface area (Å²) < 4.78 is 0.879. The van der Waals surface area contributed by atoms with Crippen molar-refractivity contribution in [2.24, 2.45) is 5.92 Å². The van der Waals surface area contributed by atoms with Crippen LogP contribution in [0.3, 0.4) is 0 Å². The highest BCUT2D eigenvalue weighted by molar-refractivity contribution is 9.10. The summed E-state index contributed by atoms with van der Waals surface area (Å²) in [6.07, 6.45) is 1.22. The molecule has 0 aromatic carbocycles. The second kappa shape index (κ2) is 6.19. The summed E-state index contributed by atoms with van der Waals surface area (Å²) in [6.45, 7) is 10.9. The number of hydrogen-bond donors (Lipinski definition) is 0. The number of halogens is 1. The van der Waals surface area contributed by atoms with Gasteiger partial charge < -0.3 is 0 Å². The minimum absolute atomic E-state index is 0.00284. The van der Waals surface area contributed by atoms with Gasteiger partial charge in [0, 0.05) is 11.5 Å². The maximum atomic E-state index is 4.62. The second-order valence-electron chi connectivity index (χ2n) is 5.63. The maximum absolute atomic E-state index is 4.62. The van der Waals surface area contributed by atoms with Crippen LogP contribution in [0.25, 0.3) is 0 Å². The standard InChI is InChI=1S/C13H21BrN2S/c1-9(2)6-7-17-11-8-10(14)15-12(16-11)13(3,4)5/h8-9H,6-7H2,1-5H3. The molecule has 0 N–H and O–H groups in total. The summed E-state index contributed by atoms with van der Waals surface area (Å²) in [5.41, 5.74) is -0.00284. The summed E-state index contributed by atoms with van der Waals surface area (Å²) in [4.78, 5) is 9.06. The molecule has 0 saturated carbocycles. The summed E-state index contributed by atoms with van der Waals surface area (Å²) in [6, 6.07) is 2.00. The van der Waals surface area contributed by atoms with Crippen molar-refractivity contribution in [3.05, 3.63) is 16.5 Å². The van der Waals surface area contributed by atoms with E-state index in [0.29, 0.717) is 0 Å². The van der Waals surface area contributed by atoms with Crippen LogP contribution in [-0.2, 0) is 5.41 Å². The van der Waals surface area contributed by atoms with Crippen LogP contribution in [0, 0.1) is 5.92 Å². The third-order valence-electron chi connectivity index (χ3n) is 2.29. The molecule has 0 atom stereocenters. The molecule has 0 aliphatic carbocycles. The monoisotopic (exact) mass is 316 g/mol. The summed E-state index contributed by atoms with van der Waals surface area (Å²) in [5, 5.41) is 1.07. The van der Waals surface area contributed by atoms with Gasteiger partial charge in [0.2, 0.25) is 0 Å². The van der Waals surface area contributed by atoms with Crippen LogP contribution in [-0.4, -0.2) is 15.7 Å². The van der Waals surface area contributed by atoms with Crippen molar-refractivity contribution in [1.29, 1.82) is 0 Å². The van der Waals surface area contributed by atoms with E-state index in [1.807, 2.05) is 17.8 Å². The lowest BCUT2D eigenvalue weighted by Crippen LogP contribution is -2.16. The quantitative estimate of drug-likeness (QED) is 0.596. The van der Waals surface area contributed by atoms with E-state index in [4.69, 9.17) is 0 Å². The highest BCUT2D eigenvalue weighted by Gasteiger charge is 2.18. The third kappa shape index (κ3) is 5.38. The molecule has 4 heteroatoms. The number of nitrogens with zero attached hydrogens (tertiary/aromatic N) is 2. The molecule has 0 unspecified atom stereocenters. The van der Waals surface area contributed by atoms with Gasteiger partial charge in [0.25, 0.3) is 0 Å². The second-order valence-corrected chi connectivity index (χ2v) is 7.56. The largest absolute Gasteiger partial charge is 0.226 e. The summed E-state index contributed by atoms with van der Waals surface area (Å²) in [5.74, 6) is 2.76. The Hall–Kier alpha value is -0.0900. The minimum Gasteiger partial charge on any atom is -0.226 e. The summed E-state index contributed by atoms with van der Waals surface area (Å²) >= 11 is 5.27. The van der Waals surface area contributed by atoms with Crippen molar-refractivity contribution in [2.75, 3.05) is 5.75 Å². The molecular weight excluding hydrogens is 296 g/mol. The molecule has 17 heavy (non-hydrogen) atoms. The zero-order chi connectivity index (χ0) is 13.1. The Bertz CT molecular complexity index is 372. The van der Waals surface area contributed by atoms with Crippen LogP contribution in [0.5, 0.6) is 0 Å². The number of rotatable bonds is 4. The molecule has 0 amide bonds. The molecule has 1 aromatic rings. The van der Waals surface area contributed by atoms with Gasteiger partial charge in [0.15, 0.2) is 0 Å². The minimum atomic E-state index is -0.00284. The maximum Gasteiger partial charge on any atom is 0.136 e. The van der Waals surface area contributed by atoms with Crippen molar-refractivity contribution in [3.63, 3.8) is 0 Å². The fourth-order valence-corrected chi connectivity index (χ4v) is 2.89. The summed E-state index contributed by atoms with van der Waals surface area (Å²) in [7, 11) is 0. The van der Waals surface area contributed by atoms with E-state index in [9.17, 15) is 0 Å². The van der Waals surface area contributed by atoms with Gasteiger partial charge >= 0.3 is 0 Å². The average Bonchev–Trinajstić information content (AvgIpc) is 2.14. The molecule has 0 saturated heterocycles. The van der Waals surface area contributed by atoms with Gasteiger partial charge in [-0.1, -0.05) is 34.6 Å². The van der Waals surface area contributed by atoms with Crippen LogP contribution in [0.2, 0.25) is 0 Å². The first-order chi connectivity index (χ1) is 7.79. The van der Waals surface area contributed by atoms with Crippen molar-refractivity contribution < 1.29 is 0 Å². The van der Waals surface area contributed by atoms with E-state index >= 15 is 0 Å². The van der Waals surface area contributed by atoms with E-state index in [0.717, 1.165) is 27.1 Å². The van der Waals surface area contributed by atoms with Gasteiger partial charge in [0.05, 0.1) is 0 Å². The highest BCUT2D eigenvalue weighted by atomic mass is 79.9. The normalized spacial score (nSPS) is 12.2. The van der Waals surface area contributed by atoms with Crippen molar-refractivity contribution >= 4 is 27.7 Å². The van der Waals surface area contributed by atoms with Crippen molar-refractivity contribution in [3.8, 4) is 0 Å². The molecule has 0 radical (unpaired) electrons. The van der Waals surface area contributed by atoms with Crippen molar-refractivity contribution in [2.45, 2.75) is 51.5 Å². The van der Waals surface area contributed by atoms with Gasteiger partial charge in [-0.25, -0.2) is 9.97 Å². The van der Waals surface area contributed by atoms with Gasteiger partial charge in [-0.15, -0.1) is 11.8 Å². The molecule has 0 spiro atoms. The predicted molar refractivity (Wildman–Crippen MR) is 78.6 cm³/mol. The molecule has 0 bridgehead atoms. The topological polar surface area (TPSA) is 25.8 Å². The fraction of sp³-hybridized carbons (Fsp3) is 0.692. The molecule has 96 valence electrons. The highest BCUT2D eigenvalue weighted by Crippen LogP contribution is 2.25. The van der Waals surface area contributed by atoms with Gasteiger partial charge in [0.1, 0.15) is 15.5 Å². The Balaban J connectivity index is 2.76. The Morgan fingerprint density at radius 2 is 1.94 bits per heavy atom. The first-order valence-corrected chi connectivity index (χ1v) is 7.75. The average molecular weight is 317 g/mol. The Morgan fingerprint density at radius 3 is 2.47 bits per heavy atom. The molecule has 0 aliphatic heterocycles. The first-order valence-electron chi connectivity index (χ1n) is 5.97. The lowest BCUT2D eigenvalue weighted by Gasteiger charge is -2.17. The zero-order valence-corrected chi connectivity index (χ0v) is 13.7. The molecule has 1 aromatic heterocycles. The molecule has 0 aliphatic rings. The Morgan fingerprint density at radius 1 is 1.29 bits per heavy atom. The molecule has 1 heterocycles. The lowest BCUT2D eigenvalue weighted by atomic mass is 9.96. The smallest absolute Gasteiger partial charge is 0.136 e. The van der Waals surface area contributed by atoms with E-state index in [2.05, 4.69) is 60.5 Å². The number of aromatic nitrogens is 2. The van der Waals surface area contributed by atoms with Crippen LogP contribution < -0.4 is 0 Å².